The molecule has 2 aliphatic rings. The van der Waals surface area contributed by atoms with Crippen LogP contribution in [0.5, 0.6) is 0 Å². The maximum absolute atomic E-state index is 12.0. The van der Waals surface area contributed by atoms with Gasteiger partial charge in [0.25, 0.3) is 0 Å². The lowest BCUT2D eigenvalue weighted by atomic mass is 10.0. The third-order valence-corrected chi connectivity index (χ3v) is 6.00. The van der Waals surface area contributed by atoms with E-state index in [9.17, 15) is 14.4 Å². The Balaban J connectivity index is 1.35. The van der Waals surface area contributed by atoms with Gasteiger partial charge >= 0.3 is 12.0 Å². The number of rotatable bonds is 7. The molecule has 0 aromatic heterocycles. The number of unbranched alkanes of at least 4 members (excludes halogenated alkanes) is 1. The average molecular weight is 363 g/mol. The number of carbonyl (C=O) groups is 3. The van der Waals surface area contributed by atoms with Crippen LogP contribution in [0.3, 0.4) is 0 Å². The highest BCUT2D eigenvalue weighted by Gasteiger charge is 2.42. The predicted octanol–water partition coefficient (Wildman–Crippen LogP) is 2.05. The number of aromatic carboxylic acids is 1. The second kappa shape index (κ2) is 7.77. The summed E-state index contributed by atoms with van der Waals surface area (Å²) in [6.07, 6.45) is 3.13. The third kappa shape index (κ3) is 4.45. The van der Waals surface area contributed by atoms with Gasteiger partial charge in [-0.25, -0.2) is 9.59 Å². The van der Waals surface area contributed by atoms with Crippen molar-refractivity contribution in [2.24, 2.45) is 0 Å². The van der Waals surface area contributed by atoms with Crippen molar-refractivity contribution < 1.29 is 19.5 Å². The minimum Gasteiger partial charge on any atom is -0.478 e. The SMILES string of the molecule is O=C(CCCC[C@H]1SC[C@H]2NC(=O)N[C@H]21)Nc1ccc(C(=O)O)cc1. The number of carboxylic acids is 1. The summed E-state index contributed by atoms with van der Waals surface area (Å²) in [4.78, 5) is 34.1. The lowest BCUT2D eigenvalue weighted by molar-refractivity contribution is -0.116. The van der Waals surface area contributed by atoms with E-state index in [4.69, 9.17) is 5.11 Å². The molecule has 0 saturated carbocycles. The molecule has 2 fully saturated rings. The van der Waals surface area contributed by atoms with Crippen molar-refractivity contribution in [2.75, 3.05) is 11.1 Å². The lowest BCUT2D eigenvalue weighted by Crippen LogP contribution is -2.36. The van der Waals surface area contributed by atoms with Crippen LogP contribution in [0, 0.1) is 0 Å². The molecule has 134 valence electrons. The second-order valence-corrected chi connectivity index (χ2v) is 7.57. The molecular formula is C17H21N3O4S. The van der Waals surface area contributed by atoms with E-state index in [1.807, 2.05) is 11.8 Å². The highest BCUT2D eigenvalue weighted by Crippen LogP contribution is 2.33. The van der Waals surface area contributed by atoms with Crippen LogP contribution < -0.4 is 16.0 Å². The molecule has 0 radical (unpaired) electrons. The molecule has 3 atom stereocenters. The summed E-state index contributed by atoms with van der Waals surface area (Å²) in [5.74, 6) is -0.115. The summed E-state index contributed by atoms with van der Waals surface area (Å²) in [7, 11) is 0. The molecule has 0 unspecified atom stereocenters. The molecule has 2 saturated heterocycles. The Morgan fingerprint density at radius 3 is 2.68 bits per heavy atom. The minimum absolute atomic E-state index is 0.0733. The Bertz CT molecular complexity index is 664. The van der Waals surface area contributed by atoms with Gasteiger partial charge in [0, 0.05) is 23.1 Å². The Morgan fingerprint density at radius 1 is 1.20 bits per heavy atom. The number of nitrogens with one attached hydrogen (secondary N) is 3. The molecule has 2 aliphatic heterocycles. The number of anilines is 1. The van der Waals surface area contributed by atoms with E-state index in [0.29, 0.717) is 17.4 Å². The van der Waals surface area contributed by atoms with E-state index in [1.165, 1.54) is 12.1 Å². The van der Waals surface area contributed by atoms with E-state index in [-0.39, 0.29) is 29.6 Å². The molecule has 0 bridgehead atoms. The van der Waals surface area contributed by atoms with Crippen LogP contribution in [-0.4, -0.2) is 46.1 Å². The molecule has 7 nitrogen and oxygen atoms in total. The van der Waals surface area contributed by atoms with Crippen LogP contribution in [0.25, 0.3) is 0 Å². The van der Waals surface area contributed by atoms with Gasteiger partial charge in [-0.15, -0.1) is 0 Å². The number of amides is 3. The van der Waals surface area contributed by atoms with E-state index >= 15 is 0 Å². The van der Waals surface area contributed by atoms with Crippen LogP contribution in [-0.2, 0) is 4.79 Å². The predicted molar refractivity (Wildman–Crippen MR) is 96.0 cm³/mol. The fraction of sp³-hybridized carbons (Fsp3) is 0.471. The molecule has 1 aromatic rings. The first-order chi connectivity index (χ1) is 12.0. The number of benzene rings is 1. The van der Waals surface area contributed by atoms with Crippen LogP contribution >= 0.6 is 11.8 Å². The maximum Gasteiger partial charge on any atom is 0.335 e. The molecule has 2 heterocycles. The summed E-state index contributed by atoms with van der Waals surface area (Å²) in [6.45, 7) is 0. The van der Waals surface area contributed by atoms with Gasteiger partial charge in [0.05, 0.1) is 17.6 Å². The zero-order chi connectivity index (χ0) is 17.8. The summed E-state index contributed by atoms with van der Waals surface area (Å²) in [5.41, 5.74) is 0.794. The van der Waals surface area contributed by atoms with Gasteiger partial charge in [0.1, 0.15) is 0 Å². The van der Waals surface area contributed by atoms with Crippen LogP contribution in [0.15, 0.2) is 24.3 Å². The third-order valence-electron chi connectivity index (χ3n) is 4.50. The van der Waals surface area contributed by atoms with Gasteiger partial charge in [-0.3, -0.25) is 4.79 Å². The monoisotopic (exact) mass is 363 g/mol. The fourth-order valence-corrected chi connectivity index (χ4v) is 4.74. The quantitative estimate of drug-likeness (QED) is 0.438. The Labute approximate surface area is 149 Å². The Kier molecular flexibility index (Phi) is 5.47. The molecule has 8 heteroatoms. The van der Waals surface area contributed by atoms with E-state index in [2.05, 4.69) is 16.0 Å². The Hall–Kier alpha value is -2.22. The number of carboxylic acid groups (broad SMARTS) is 1. The van der Waals surface area contributed by atoms with Gasteiger partial charge in [0.2, 0.25) is 5.91 Å². The number of hydrogen-bond donors (Lipinski definition) is 4. The van der Waals surface area contributed by atoms with E-state index in [0.717, 1.165) is 25.0 Å². The molecular weight excluding hydrogens is 342 g/mol. The number of carbonyl (C=O) groups excluding carboxylic acids is 2. The fourth-order valence-electron chi connectivity index (χ4n) is 3.19. The zero-order valence-electron chi connectivity index (χ0n) is 13.7. The molecule has 0 spiro atoms. The first-order valence-electron chi connectivity index (χ1n) is 8.35. The zero-order valence-corrected chi connectivity index (χ0v) is 14.5. The highest BCUT2D eigenvalue weighted by molar-refractivity contribution is 8.00. The van der Waals surface area contributed by atoms with Crippen molar-refractivity contribution in [1.29, 1.82) is 0 Å². The molecule has 3 amide bonds. The van der Waals surface area contributed by atoms with Crippen molar-refractivity contribution in [1.82, 2.24) is 10.6 Å². The number of hydrogen-bond acceptors (Lipinski definition) is 4. The van der Waals surface area contributed by atoms with Crippen molar-refractivity contribution in [3.63, 3.8) is 0 Å². The van der Waals surface area contributed by atoms with E-state index < -0.39 is 5.97 Å². The van der Waals surface area contributed by atoms with Gasteiger partial charge in [-0.2, -0.15) is 11.8 Å². The van der Waals surface area contributed by atoms with Crippen LogP contribution in [0.1, 0.15) is 36.0 Å². The first-order valence-corrected chi connectivity index (χ1v) is 9.39. The van der Waals surface area contributed by atoms with Crippen molar-refractivity contribution >= 4 is 35.4 Å². The summed E-state index contributed by atoms with van der Waals surface area (Å²) in [6, 6.07) is 6.48. The van der Waals surface area contributed by atoms with Crippen LogP contribution in [0.2, 0.25) is 0 Å². The molecule has 3 rings (SSSR count). The number of urea groups is 1. The minimum atomic E-state index is -0.987. The largest absolute Gasteiger partial charge is 0.478 e. The normalized spacial score (nSPS) is 24.3. The first kappa shape index (κ1) is 17.6. The van der Waals surface area contributed by atoms with Gasteiger partial charge < -0.3 is 21.1 Å². The Morgan fingerprint density at radius 2 is 1.96 bits per heavy atom. The summed E-state index contributed by atoms with van der Waals surface area (Å²) >= 11 is 1.88. The van der Waals surface area contributed by atoms with Gasteiger partial charge in [-0.05, 0) is 37.1 Å². The summed E-state index contributed by atoms with van der Waals surface area (Å²) < 4.78 is 0. The van der Waals surface area contributed by atoms with Gasteiger partial charge in [0.15, 0.2) is 0 Å². The maximum atomic E-state index is 12.0. The van der Waals surface area contributed by atoms with Crippen molar-refractivity contribution in [3.05, 3.63) is 29.8 Å². The second-order valence-electron chi connectivity index (χ2n) is 6.30. The summed E-state index contributed by atoms with van der Waals surface area (Å²) in [5, 5.41) is 17.9. The van der Waals surface area contributed by atoms with Gasteiger partial charge in [-0.1, -0.05) is 6.42 Å². The molecule has 25 heavy (non-hydrogen) atoms. The smallest absolute Gasteiger partial charge is 0.335 e. The number of fused-ring (bicyclic) bond motifs is 1. The van der Waals surface area contributed by atoms with Crippen molar-refractivity contribution in [3.8, 4) is 0 Å². The highest BCUT2D eigenvalue weighted by atomic mass is 32.2. The van der Waals surface area contributed by atoms with E-state index in [1.54, 1.807) is 12.1 Å². The average Bonchev–Trinajstić information content (AvgIpc) is 3.11. The lowest BCUT2D eigenvalue weighted by Gasteiger charge is -2.16. The molecule has 4 N–H and O–H groups in total. The molecule has 1 aromatic carbocycles. The van der Waals surface area contributed by atoms with Crippen LogP contribution in [0.4, 0.5) is 10.5 Å². The number of thioether (sulfide) groups is 1. The topological polar surface area (TPSA) is 108 Å². The molecule has 0 aliphatic carbocycles. The standard InChI is InChI=1S/C17H21N3O4S/c21-14(18-11-7-5-10(6-8-11)16(22)23)4-2-1-3-13-15-12(9-25-13)19-17(24)20-15/h5-8,12-13,15H,1-4,9H2,(H,18,21)(H,22,23)(H2,19,20,24)/t12-,13-,15-/m1/s1. The van der Waals surface area contributed by atoms with Crippen molar-refractivity contribution in [2.45, 2.75) is 43.0 Å².